The predicted octanol–water partition coefficient (Wildman–Crippen LogP) is 2.78. The minimum absolute atomic E-state index is 0.543. The fraction of sp³-hybridized carbons (Fsp3) is 0.467. The Morgan fingerprint density at radius 1 is 1.00 bits per heavy atom. The first kappa shape index (κ1) is 13.3. The maximum Gasteiger partial charge on any atom is 0.318 e. The highest BCUT2D eigenvalue weighted by Crippen LogP contribution is 2.28. The van der Waals surface area contributed by atoms with E-state index in [0.717, 1.165) is 23.1 Å². The Morgan fingerprint density at radius 2 is 1.76 bits per heavy atom. The Labute approximate surface area is 132 Å². The smallest absolute Gasteiger partial charge is 0.318 e. The van der Waals surface area contributed by atoms with E-state index in [1.807, 2.05) is 24.3 Å². The van der Waals surface area contributed by atoms with E-state index in [-0.39, 0.29) is 0 Å². The highest BCUT2D eigenvalue weighted by Gasteiger charge is 2.31. The van der Waals surface area contributed by atoms with E-state index in [1.165, 1.54) is 25.9 Å². The summed E-state index contributed by atoms with van der Waals surface area (Å²) in [7, 11) is 0. The van der Waals surface area contributed by atoms with Gasteiger partial charge in [-0.05, 0) is 37.1 Å². The zero-order chi connectivity index (χ0) is 14.2. The topological polar surface area (TPSA) is 45.4 Å². The van der Waals surface area contributed by atoms with Crippen LogP contribution in [0, 0.1) is 0 Å². The summed E-state index contributed by atoms with van der Waals surface area (Å²) >= 11 is 3.44. The Kier molecular flexibility index (Phi) is 3.43. The molecule has 1 aromatic carbocycles. The van der Waals surface area contributed by atoms with Crippen molar-refractivity contribution in [2.24, 2.45) is 0 Å². The van der Waals surface area contributed by atoms with Crippen molar-refractivity contribution in [1.29, 1.82) is 0 Å². The highest BCUT2D eigenvalue weighted by molar-refractivity contribution is 9.10. The van der Waals surface area contributed by atoms with Crippen molar-refractivity contribution in [3.63, 3.8) is 0 Å². The van der Waals surface area contributed by atoms with Crippen molar-refractivity contribution in [1.82, 2.24) is 15.1 Å². The molecule has 3 saturated heterocycles. The van der Waals surface area contributed by atoms with E-state index in [0.29, 0.717) is 17.9 Å². The Hall–Kier alpha value is -1.40. The first-order chi connectivity index (χ1) is 10.3. The first-order valence-corrected chi connectivity index (χ1v) is 8.17. The summed E-state index contributed by atoms with van der Waals surface area (Å²) in [5.74, 6) is 0.594. The Balaban J connectivity index is 1.60. The van der Waals surface area contributed by atoms with Crippen molar-refractivity contribution in [2.75, 3.05) is 31.1 Å². The van der Waals surface area contributed by atoms with Crippen LogP contribution in [-0.2, 0) is 0 Å². The summed E-state index contributed by atoms with van der Waals surface area (Å²) in [5, 5.41) is 8.49. The molecule has 0 amide bonds. The van der Waals surface area contributed by atoms with Gasteiger partial charge in [0, 0.05) is 42.3 Å². The van der Waals surface area contributed by atoms with Crippen LogP contribution in [0.15, 0.2) is 33.2 Å². The van der Waals surface area contributed by atoms with Crippen molar-refractivity contribution in [3.8, 4) is 11.5 Å². The number of hydrogen-bond donors (Lipinski definition) is 0. The van der Waals surface area contributed by atoms with Crippen molar-refractivity contribution in [3.05, 3.63) is 28.7 Å². The highest BCUT2D eigenvalue weighted by atomic mass is 79.9. The third kappa shape index (κ3) is 2.58. The number of anilines is 1. The van der Waals surface area contributed by atoms with Crippen molar-refractivity contribution >= 4 is 21.9 Å². The molecule has 5 nitrogen and oxygen atoms in total. The number of fused-ring (bicyclic) bond motifs is 4. The molecule has 2 bridgehead atoms. The van der Waals surface area contributed by atoms with Crippen molar-refractivity contribution < 1.29 is 4.42 Å². The van der Waals surface area contributed by atoms with Gasteiger partial charge < -0.3 is 14.2 Å². The fourth-order valence-corrected chi connectivity index (χ4v) is 3.44. The largest absolute Gasteiger partial charge is 0.403 e. The van der Waals surface area contributed by atoms with Gasteiger partial charge in [-0.3, -0.25) is 0 Å². The van der Waals surface area contributed by atoms with E-state index >= 15 is 0 Å². The van der Waals surface area contributed by atoms with Crippen LogP contribution in [0.5, 0.6) is 0 Å². The maximum atomic E-state index is 5.93. The van der Waals surface area contributed by atoms with Gasteiger partial charge in [0.05, 0.1) is 0 Å². The average Bonchev–Trinajstić information content (AvgIpc) is 2.81. The van der Waals surface area contributed by atoms with Gasteiger partial charge in [-0.2, -0.15) is 0 Å². The molecule has 3 aliphatic heterocycles. The van der Waals surface area contributed by atoms with Crippen LogP contribution in [0.2, 0.25) is 0 Å². The molecule has 5 rings (SSSR count). The van der Waals surface area contributed by atoms with E-state index in [1.54, 1.807) is 0 Å². The second-order valence-corrected chi connectivity index (χ2v) is 6.58. The van der Waals surface area contributed by atoms with Crippen LogP contribution in [0.3, 0.4) is 0 Å². The number of rotatable bonds is 2. The van der Waals surface area contributed by atoms with Gasteiger partial charge in [-0.15, -0.1) is 5.10 Å². The van der Waals surface area contributed by atoms with E-state index in [4.69, 9.17) is 4.42 Å². The molecule has 2 aromatic rings. The monoisotopic (exact) mass is 348 g/mol. The normalized spacial score (nSPS) is 25.1. The Bertz CT molecular complexity index is 619. The van der Waals surface area contributed by atoms with Gasteiger partial charge >= 0.3 is 6.01 Å². The molecule has 110 valence electrons. The summed E-state index contributed by atoms with van der Waals surface area (Å²) in [6.45, 7) is 4.45. The molecule has 6 heteroatoms. The van der Waals surface area contributed by atoms with Gasteiger partial charge in [0.1, 0.15) is 0 Å². The van der Waals surface area contributed by atoms with Crippen molar-refractivity contribution in [2.45, 2.75) is 18.9 Å². The van der Waals surface area contributed by atoms with Crippen LogP contribution in [-0.4, -0.2) is 47.3 Å². The molecule has 0 radical (unpaired) electrons. The summed E-state index contributed by atoms with van der Waals surface area (Å²) in [4.78, 5) is 4.81. The number of halogens is 1. The molecule has 0 spiro atoms. The lowest BCUT2D eigenvalue weighted by Gasteiger charge is -2.29. The fourth-order valence-electron chi connectivity index (χ4n) is 3.18. The van der Waals surface area contributed by atoms with Crippen LogP contribution in [0.1, 0.15) is 12.8 Å². The van der Waals surface area contributed by atoms with Crippen LogP contribution in [0.4, 0.5) is 6.01 Å². The summed E-state index contributed by atoms with van der Waals surface area (Å²) in [5.41, 5.74) is 0.958. The second-order valence-electron chi connectivity index (χ2n) is 5.66. The minimum atomic E-state index is 0.543. The molecule has 0 saturated carbocycles. The zero-order valence-corrected chi connectivity index (χ0v) is 13.3. The first-order valence-electron chi connectivity index (χ1n) is 7.38. The predicted molar refractivity (Wildman–Crippen MR) is 84.2 cm³/mol. The third-order valence-corrected chi connectivity index (χ3v) is 4.93. The zero-order valence-electron chi connectivity index (χ0n) is 11.7. The number of hydrogen-bond acceptors (Lipinski definition) is 5. The molecule has 1 aromatic heterocycles. The molecular formula is C15H17BrN4O. The number of benzene rings is 1. The SMILES string of the molecule is Brc1ccc(-c2nnc(N3CCN4CCC3CC4)o2)cc1. The number of aromatic nitrogens is 2. The molecule has 0 unspecified atom stereocenters. The summed E-state index contributed by atoms with van der Waals surface area (Å²) in [6, 6.07) is 9.16. The van der Waals surface area contributed by atoms with E-state index in [9.17, 15) is 0 Å². The molecule has 0 N–H and O–H groups in total. The minimum Gasteiger partial charge on any atom is -0.403 e. The van der Waals surface area contributed by atoms with Gasteiger partial charge in [0.25, 0.3) is 0 Å². The molecule has 0 atom stereocenters. The molecule has 21 heavy (non-hydrogen) atoms. The van der Waals surface area contributed by atoms with Crippen LogP contribution >= 0.6 is 15.9 Å². The molecule has 4 heterocycles. The Morgan fingerprint density at radius 3 is 2.52 bits per heavy atom. The number of nitrogens with zero attached hydrogens (tertiary/aromatic N) is 4. The molecule has 3 aliphatic rings. The molecule has 0 aliphatic carbocycles. The van der Waals surface area contributed by atoms with E-state index in [2.05, 4.69) is 35.9 Å². The lowest BCUT2D eigenvalue weighted by atomic mass is 10.1. The lowest BCUT2D eigenvalue weighted by molar-refractivity contribution is 0.249. The quantitative estimate of drug-likeness (QED) is 0.834. The summed E-state index contributed by atoms with van der Waals surface area (Å²) in [6.07, 6.45) is 2.38. The van der Waals surface area contributed by atoms with Crippen LogP contribution < -0.4 is 4.90 Å². The van der Waals surface area contributed by atoms with Gasteiger partial charge in [0.2, 0.25) is 5.89 Å². The second kappa shape index (κ2) is 5.42. The lowest BCUT2D eigenvalue weighted by Crippen LogP contribution is -2.38. The standard InChI is InChI=1S/C15H17BrN4O/c16-12-3-1-11(2-4-12)14-17-18-15(21-14)20-10-9-19-7-5-13(20)6-8-19/h1-4,13H,5-10H2. The van der Waals surface area contributed by atoms with Gasteiger partial charge in [0.15, 0.2) is 0 Å². The van der Waals surface area contributed by atoms with Gasteiger partial charge in [-0.25, -0.2) is 0 Å². The average molecular weight is 349 g/mol. The van der Waals surface area contributed by atoms with Gasteiger partial charge in [-0.1, -0.05) is 21.0 Å². The number of piperidine rings is 1. The summed E-state index contributed by atoms with van der Waals surface area (Å²) < 4.78 is 6.97. The van der Waals surface area contributed by atoms with E-state index < -0.39 is 0 Å². The molecular weight excluding hydrogens is 332 g/mol. The third-order valence-electron chi connectivity index (χ3n) is 4.41. The maximum absolute atomic E-state index is 5.93. The van der Waals surface area contributed by atoms with Crippen LogP contribution in [0.25, 0.3) is 11.5 Å². The molecule has 3 fully saturated rings.